The second kappa shape index (κ2) is 12.7. The van der Waals surface area contributed by atoms with Crippen LogP contribution in [0.3, 0.4) is 0 Å². The first kappa shape index (κ1) is 33.4. The first-order valence-electron chi connectivity index (χ1n) is 20.1. The second-order valence-electron chi connectivity index (χ2n) is 16.0. The van der Waals surface area contributed by atoms with Crippen LogP contribution in [0.1, 0.15) is 25.0 Å². The molecular weight excluding hydrogens is 721 g/mol. The molecule has 1 aliphatic carbocycles. The lowest BCUT2D eigenvalue weighted by Gasteiger charge is -2.27. The van der Waals surface area contributed by atoms with Gasteiger partial charge in [0.25, 0.3) is 0 Å². The number of nitrogens with zero attached hydrogens (tertiary/aromatic N) is 6. The van der Waals surface area contributed by atoms with Crippen LogP contribution in [0.5, 0.6) is 0 Å². The van der Waals surface area contributed by atoms with E-state index in [0.29, 0.717) is 17.5 Å². The SMILES string of the molecule is CC1(C)c2cc(-c3nc(-c4ccccc4)nc(-c4ccccc4)n3)ccc2-c2ccc(N3c4ccccc4-c4ccccc4-n4c3nc3cc5ccccc5cc34)cc21. The van der Waals surface area contributed by atoms with Gasteiger partial charge in [0.2, 0.25) is 5.95 Å². The van der Waals surface area contributed by atoms with Gasteiger partial charge in [-0.1, -0.05) is 153 Å². The Kier molecular flexibility index (Phi) is 7.17. The molecule has 0 unspecified atom stereocenters. The molecule has 6 heteroatoms. The summed E-state index contributed by atoms with van der Waals surface area (Å²) in [6.07, 6.45) is 0. The fourth-order valence-corrected chi connectivity index (χ4v) is 9.23. The summed E-state index contributed by atoms with van der Waals surface area (Å²) >= 11 is 0. The Bertz CT molecular complexity index is 3250. The van der Waals surface area contributed by atoms with E-state index in [2.05, 4.69) is 145 Å². The summed E-state index contributed by atoms with van der Waals surface area (Å²) in [5.41, 5.74) is 15.2. The Morgan fingerprint density at radius 3 is 1.61 bits per heavy atom. The molecule has 0 bridgehead atoms. The third-order valence-corrected chi connectivity index (χ3v) is 12.2. The summed E-state index contributed by atoms with van der Waals surface area (Å²) < 4.78 is 2.35. The highest BCUT2D eigenvalue weighted by Crippen LogP contribution is 2.53. The van der Waals surface area contributed by atoms with Gasteiger partial charge in [-0.2, -0.15) is 0 Å². The second-order valence-corrected chi connectivity index (χ2v) is 16.0. The predicted molar refractivity (Wildman–Crippen MR) is 240 cm³/mol. The van der Waals surface area contributed by atoms with Crippen molar-refractivity contribution in [1.82, 2.24) is 24.5 Å². The number of hydrogen-bond donors (Lipinski definition) is 0. The minimum Gasteiger partial charge on any atom is -0.280 e. The number of anilines is 3. The maximum absolute atomic E-state index is 5.46. The van der Waals surface area contributed by atoms with E-state index in [1.54, 1.807) is 0 Å². The molecule has 278 valence electrons. The smallest absolute Gasteiger partial charge is 0.220 e. The van der Waals surface area contributed by atoms with Gasteiger partial charge in [-0.25, -0.2) is 19.9 Å². The highest BCUT2D eigenvalue weighted by Gasteiger charge is 2.38. The summed E-state index contributed by atoms with van der Waals surface area (Å²) in [5, 5.41) is 2.37. The molecule has 59 heavy (non-hydrogen) atoms. The Hall–Kier alpha value is -7.70. The number of aromatic nitrogens is 5. The highest BCUT2D eigenvalue weighted by atomic mass is 15.3. The quantitative estimate of drug-likeness (QED) is 0.179. The molecular formula is C53H36N6. The first-order valence-corrected chi connectivity index (χ1v) is 20.1. The number of hydrogen-bond acceptors (Lipinski definition) is 5. The monoisotopic (exact) mass is 756 g/mol. The van der Waals surface area contributed by atoms with Gasteiger partial charge in [0.15, 0.2) is 17.5 Å². The van der Waals surface area contributed by atoms with Gasteiger partial charge >= 0.3 is 0 Å². The molecule has 0 spiro atoms. The van der Waals surface area contributed by atoms with Crippen molar-refractivity contribution >= 4 is 39.1 Å². The summed E-state index contributed by atoms with van der Waals surface area (Å²) in [7, 11) is 0. The van der Waals surface area contributed by atoms with Gasteiger partial charge in [-0.3, -0.25) is 9.47 Å². The molecule has 8 aromatic carbocycles. The molecule has 1 aliphatic heterocycles. The van der Waals surface area contributed by atoms with Gasteiger partial charge in [0.05, 0.1) is 22.4 Å². The van der Waals surface area contributed by atoms with Crippen molar-refractivity contribution in [2.75, 3.05) is 4.90 Å². The largest absolute Gasteiger partial charge is 0.280 e. The van der Waals surface area contributed by atoms with Gasteiger partial charge in [0, 0.05) is 38.9 Å². The van der Waals surface area contributed by atoms with Crippen molar-refractivity contribution in [3.63, 3.8) is 0 Å². The molecule has 0 atom stereocenters. The number of imidazole rings is 1. The summed E-state index contributed by atoms with van der Waals surface area (Å²) in [5.74, 6) is 2.82. The lowest BCUT2D eigenvalue weighted by molar-refractivity contribution is 0.660. The molecule has 12 rings (SSSR count). The third kappa shape index (κ3) is 5.13. The Morgan fingerprint density at radius 1 is 0.407 bits per heavy atom. The molecule has 0 saturated heterocycles. The van der Waals surface area contributed by atoms with Gasteiger partial charge in [-0.05, 0) is 75.5 Å². The van der Waals surface area contributed by atoms with Crippen molar-refractivity contribution in [2.45, 2.75) is 19.3 Å². The van der Waals surface area contributed by atoms with E-state index in [-0.39, 0.29) is 5.41 Å². The maximum Gasteiger partial charge on any atom is 0.220 e. The van der Waals surface area contributed by atoms with E-state index < -0.39 is 0 Å². The molecule has 0 amide bonds. The molecule has 0 radical (unpaired) electrons. The number of rotatable bonds is 4. The minimum absolute atomic E-state index is 0.319. The zero-order valence-corrected chi connectivity index (χ0v) is 32.5. The Labute approximate surface area is 341 Å². The van der Waals surface area contributed by atoms with Crippen molar-refractivity contribution in [2.24, 2.45) is 0 Å². The van der Waals surface area contributed by atoms with Gasteiger partial charge in [0.1, 0.15) is 0 Å². The molecule has 6 nitrogen and oxygen atoms in total. The van der Waals surface area contributed by atoms with E-state index in [0.717, 1.165) is 56.3 Å². The number of benzene rings is 8. The number of fused-ring (bicyclic) bond motifs is 11. The average Bonchev–Trinajstić information content (AvgIpc) is 3.71. The fraction of sp³-hybridized carbons (Fsp3) is 0.0566. The zero-order valence-electron chi connectivity index (χ0n) is 32.5. The molecule has 3 heterocycles. The molecule has 0 saturated carbocycles. The zero-order chi connectivity index (χ0) is 39.2. The first-order chi connectivity index (χ1) is 29.0. The third-order valence-electron chi connectivity index (χ3n) is 12.2. The van der Waals surface area contributed by atoms with Crippen LogP contribution < -0.4 is 4.90 Å². The fourth-order valence-electron chi connectivity index (χ4n) is 9.23. The normalized spacial score (nSPS) is 13.4. The van der Waals surface area contributed by atoms with Crippen molar-refractivity contribution < 1.29 is 0 Å². The molecule has 10 aromatic rings. The number of para-hydroxylation sites is 2. The van der Waals surface area contributed by atoms with Crippen LogP contribution in [0.25, 0.3) is 83.9 Å². The molecule has 0 N–H and O–H groups in total. The summed E-state index contributed by atoms with van der Waals surface area (Å²) in [6, 6.07) is 64.4. The van der Waals surface area contributed by atoms with E-state index in [9.17, 15) is 0 Å². The van der Waals surface area contributed by atoms with Crippen LogP contribution in [-0.4, -0.2) is 24.5 Å². The van der Waals surface area contributed by atoms with Crippen LogP contribution in [0.2, 0.25) is 0 Å². The maximum atomic E-state index is 5.46. The Morgan fingerprint density at radius 2 is 0.932 bits per heavy atom. The van der Waals surface area contributed by atoms with Crippen molar-refractivity contribution in [1.29, 1.82) is 0 Å². The lowest BCUT2D eigenvalue weighted by atomic mass is 9.81. The lowest BCUT2D eigenvalue weighted by Crippen LogP contribution is -2.18. The highest BCUT2D eigenvalue weighted by molar-refractivity contribution is 6.01. The van der Waals surface area contributed by atoms with E-state index in [1.807, 2.05) is 60.7 Å². The standard InChI is InChI=1S/C53H36N6/c1-53(2)43-29-37(51-56-49(33-15-5-3-6-16-33)55-50(57-51)34-17-7-4-8-18-34)25-27-39(43)40-28-26-38(32-44(40)53)58-46-23-13-11-21-41(46)42-22-12-14-24-47(42)59-48-31-36-20-10-9-19-35(36)30-45(48)54-52(58)59/h3-32H,1-2H3. The van der Waals surface area contributed by atoms with E-state index in [1.165, 1.54) is 38.6 Å². The van der Waals surface area contributed by atoms with Crippen LogP contribution >= 0.6 is 0 Å². The Balaban J connectivity index is 1.02. The average molecular weight is 757 g/mol. The topological polar surface area (TPSA) is 59.7 Å². The van der Waals surface area contributed by atoms with E-state index in [4.69, 9.17) is 19.9 Å². The van der Waals surface area contributed by atoms with Crippen molar-refractivity contribution in [3.05, 3.63) is 193 Å². The van der Waals surface area contributed by atoms with Gasteiger partial charge < -0.3 is 0 Å². The summed E-state index contributed by atoms with van der Waals surface area (Å²) in [6.45, 7) is 4.66. The van der Waals surface area contributed by atoms with Crippen LogP contribution in [-0.2, 0) is 5.41 Å². The van der Waals surface area contributed by atoms with Crippen LogP contribution in [0, 0.1) is 0 Å². The van der Waals surface area contributed by atoms with Crippen LogP contribution in [0.4, 0.5) is 17.3 Å². The minimum atomic E-state index is -0.319. The van der Waals surface area contributed by atoms with E-state index >= 15 is 0 Å². The molecule has 0 fully saturated rings. The predicted octanol–water partition coefficient (Wildman–Crippen LogP) is 13.1. The van der Waals surface area contributed by atoms with Crippen LogP contribution in [0.15, 0.2) is 182 Å². The molecule has 2 aromatic heterocycles. The summed E-state index contributed by atoms with van der Waals surface area (Å²) in [4.78, 5) is 22.9. The molecule has 2 aliphatic rings. The van der Waals surface area contributed by atoms with Crippen molar-refractivity contribution in [3.8, 4) is 62.1 Å². The van der Waals surface area contributed by atoms with Gasteiger partial charge in [-0.15, -0.1) is 0 Å².